The fourth-order valence-corrected chi connectivity index (χ4v) is 3.43. The molecule has 0 aliphatic heterocycles. The predicted molar refractivity (Wildman–Crippen MR) is 119 cm³/mol. The number of hydrogen-bond donors (Lipinski definition) is 1. The summed E-state index contributed by atoms with van der Waals surface area (Å²) in [6, 6.07) is 23.3. The van der Waals surface area contributed by atoms with Crippen molar-refractivity contribution in [2.75, 3.05) is 0 Å². The molecule has 0 saturated carbocycles. The monoisotopic (exact) mass is 401 g/mol. The lowest BCUT2D eigenvalue weighted by molar-refractivity contribution is 0.0955. The van der Waals surface area contributed by atoms with Crippen LogP contribution in [-0.2, 0) is 6.54 Å². The molecule has 4 nitrogen and oxygen atoms in total. The normalized spacial score (nSPS) is 11.2. The minimum atomic E-state index is -0.276. The van der Waals surface area contributed by atoms with Gasteiger partial charge in [-0.1, -0.05) is 54.1 Å². The van der Waals surface area contributed by atoms with Gasteiger partial charge in [-0.05, 0) is 48.4 Å². The first kappa shape index (κ1) is 19.0. The molecule has 1 heterocycles. The van der Waals surface area contributed by atoms with Gasteiger partial charge in [0.1, 0.15) is 0 Å². The zero-order valence-electron chi connectivity index (χ0n) is 16.0. The molecule has 1 amide bonds. The molecule has 0 unspecified atom stereocenters. The van der Waals surface area contributed by atoms with Crippen LogP contribution in [0, 0.1) is 6.92 Å². The van der Waals surface area contributed by atoms with Crippen molar-refractivity contribution in [3.05, 3.63) is 106 Å². The second-order valence-corrected chi connectivity index (χ2v) is 7.30. The third kappa shape index (κ3) is 4.23. The zero-order valence-corrected chi connectivity index (χ0v) is 16.7. The number of halogens is 1. The highest BCUT2D eigenvalue weighted by molar-refractivity contribution is 6.30. The molecule has 144 valence electrons. The second kappa shape index (κ2) is 8.33. The first-order valence-corrected chi connectivity index (χ1v) is 9.71. The fraction of sp³-hybridized carbons (Fsp3) is 0.0833. The fourth-order valence-electron chi connectivity index (χ4n) is 3.31. The van der Waals surface area contributed by atoms with Gasteiger partial charge in [0, 0.05) is 39.8 Å². The highest BCUT2D eigenvalue weighted by Crippen LogP contribution is 2.22. The van der Waals surface area contributed by atoms with Crippen molar-refractivity contribution in [3.8, 4) is 0 Å². The molecule has 0 bridgehead atoms. The van der Waals surface area contributed by atoms with E-state index in [-0.39, 0.29) is 5.91 Å². The van der Waals surface area contributed by atoms with Gasteiger partial charge in [-0.2, -0.15) is 5.10 Å². The quantitative estimate of drug-likeness (QED) is 0.352. The van der Waals surface area contributed by atoms with Gasteiger partial charge in [-0.3, -0.25) is 4.79 Å². The number of amides is 1. The van der Waals surface area contributed by atoms with Crippen LogP contribution in [0.5, 0.6) is 0 Å². The van der Waals surface area contributed by atoms with Crippen LogP contribution in [0.3, 0.4) is 0 Å². The Kier molecular flexibility index (Phi) is 5.45. The Bertz CT molecular complexity index is 1190. The highest BCUT2D eigenvalue weighted by Gasteiger charge is 2.09. The summed E-state index contributed by atoms with van der Waals surface area (Å²) in [5, 5.41) is 5.84. The van der Waals surface area contributed by atoms with Gasteiger partial charge in [0.15, 0.2) is 0 Å². The molecular weight excluding hydrogens is 382 g/mol. The number of nitrogens with one attached hydrogen (secondary N) is 1. The summed E-state index contributed by atoms with van der Waals surface area (Å²) in [7, 11) is 0. The zero-order chi connectivity index (χ0) is 20.2. The maximum absolute atomic E-state index is 12.2. The van der Waals surface area contributed by atoms with Crippen LogP contribution in [-0.4, -0.2) is 16.7 Å². The van der Waals surface area contributed by atoms with Crippen LogP contribution in [0.4, 0.5) is 0 Å². The first-order chi connectivity index (χ1) is 14.1. The van der Waals surface area contributed by atoms with E-state index >= 15 is 0 Å². The summed E-state index contributed by atoms with van der Waals surface area (Å²) in [4.78, 5) is 12.2. The summed E-state index contributed by atoms with van der Waals surface area (Å²) >= 11 is 5.86. The van der Waals surface area contributed by atoms with Gasteiger partial charge in [0.2, 0.25) is 0 Å². The van der Waals surface area contributed by atoms with E-state index in [1.54, 1.807) is 30.5 Å². The third-order valence-corrected chi connectivity index (χ3v) is 5.15. The second-order valence-electron chi connectivity index (χ2n) is 6.86. The molecule has 5 heteroatoms. The van der Waals surface area contributed by atoms with Gasteiger partial charge in [0.25, 0.3) is 5.91 Å². The Labute approximate surface area is 174 Å². The highest BCUT2D eigenvalue weighted by atomic mass is 35.5. The lowest BCUT2D eigenvalue weighted by Crippen LogP contribution is -2.17. The summed E-state index contributed by atoms with van der Waals surface area (Å²) in [6.07, 6.45) is 3.75. The van der Waals surface area contributed by atoms with Crippen LogP contribution >= 0.6 is 11.6 Å². The Morgan fingerprint density at radius 1 is 1.03 bits per heavy atom. The summed E-state index contributed by atoms with van der Waals surface area (Å²) in [5.41, 5.74) is 7.69. The van der Waals surface area contributed by atoms with Crippen LogP contribution in [0.1, 0.15) is 27.0 Å². The molecule has 1 N–H and O–H groups in total. The number of carbonyl (C=O) groups excluding carboxylic acids is 1. The molecule has 0 fully saturated rings. The molecule has 29 heavy (non-hydrogen) atoms. The molecule has 3 aromatic carbocycles. The Hall–Kier alpha value is -3.37. The number of hydrogen-bond acceptors (Lipinski definition) is 2. The third-order valence-electron chi connectivity index (χ3n) is 4.90. The molecular formula is C24H20ClN3O. The number of aryl methyl sites for hydroxylation is 1. The number of rotatable bonds is 5. The molecule has 4 rings (SSSR count). The van der Waals surface area contributed by atoms with Crippen molar-refractivity contribution in [2.45, 2.75) is 13.5 Å². The van der Waals surface area contributed by atoms with E-state index in [0.29, 0.717) is 10.6 Å². The summed E-state index contributed by atoms with van der Waals surface area (Å²) in [6.45, 7) is 2.90. The van der Waals surface area contributed by atoms with Crippen molar-refractivity contribution in [1.82, 2.24) is 9.99 Å². The minimum absolute atomic E-state index is 0.276. The summed E-state index contributed by atoms with van der Waals surface area (Å²) < 4.78 is 2.21. The van der Waals surface area contributed by atoms with Gasteiger partial charge in [-0.25, -0.2) is 5.43 Å². The average molecular weight is 402 g/mol. The lowest BCUT2D eigenvalue weighted by Gasteiger charge is -2.08. The average Bonchev–Trinajstić information content (AvgIpc) is 3.08. The molecule has 0 radical (unpaired) electrons. The van der Waals surface area contributed by atoms with E-state index < -0.39 is 0 Å². The number of nitrogens with zero attached hydrogens (tertiary/aromatic N) is 2. The smallest absolute Gasteiger partial charge is 0.271 e. The van der Waals surface area contributed by atoms with Crippen LogP contribution in [0.25, 0.3) is 10.9 Å². The molecule has 4 aromatic rings. The molecule has 0 saturated heterocycles. The summed E-state index contributed by atoms with van der Waals surface area (Å²) in [5.74, 6) is -0.276. The number of fused-ring (bicyclic) bond motifs is 1. The lowest BCUT2D eigenvalue weighted by atomic mass is 10.1. The number of carbonyl (C=O) groups is 1. The van der Waals surface area contributed by atoms with E-state index in [9.17, 15) is 4.79 Å². The molecule has 0 atom stereocenters. The van der Waals surface area contributed by atoms with Crippen LogP contribution < -0.4 is 5.43 Å². The number of para-hydroxylation sites is 1. The van der Waals surface area contributed by atoms with Gasteiger partial charge in [-0.15, -0.1) is 0 Å². The maximum Gasteiger partial charge on any atom is 0.271 e. The van der Waals surface area contributed by atoms with Crippen LogP contribution in [0.15, 0.2) is 84.1 Å². The van der Waals surface area contributed by atoms with E-state index in [1.807, 2.05) is 18.2 Å². The van der Waals surface area contributed by atoms with Crippen LogP contribution in [0.2, 0.25) is 5.02 Å². The Balaban J connectivity index is 1.57. The topological polar surface area (TPSA) is 46.4 Å². The van der Waals surface area contributed by atoms with E-state index in [4.69, 9.17) is 11.6 Å². The largest absolute Gasteiger partial charge is 0.342 e. The minimum Gasteiger partial charge on any atom is -0.342 e. The van der Waals surface area contributed by atoms with Crippen molar-refractivity contribution in [2.24, 2.45) is 5.10 Å². The molecule has 1 aromatic heterocycles. The van der Waals surface area contributed by atoms with Crippen molar-refractivity contribution >= 4 is 34.6 Å². The van der Waals surface area contributed by atoms with Crippen molar-refractivity contribution in [3.63, 3.8) is 0 Å². The molecule has 0 aliphatic carbocycles. The van der Waals surface area contributed by atoms with Crippen molar-refractivity contribution in [1.29, 1.82) is 0 Å². The Morgan fingerprint density at radius 2 is 1.76 bits per heavy atom. The van der Waals surface area contributed by atoms with E-state index in [0.717, 1.165) is 23.0 Å². The van der Waals surface area contributed by atoms with Crippen molar-refractivity contribution < 1.29 is 4.79 Å². The number of aromatic nitrogens is 1. The number of benzene rings is 3. The van der Waals surface area contributed by atoms with E-state index in [2.05, 4.69) is 58.5 Å². The molecule has 0 aliphatic rings. The molecule has 0 spiro atoms. The van der Waals surface area contributed by atoms with E-state index in [1.165, 1.54) is 11.1 Å². The Morgan fingerprint density at radius 3 is 2.55 bits per heavy atom. The van der Waals surface area contributed by atoms with Gasteiger partial charge >= 0.3 is 0 Å². The standard InChI is InChI=1S/C24H20ClN3O/c1-17-6-2-3-7-19(17)15-28-16-20(22-8-4-5-9-23(22)28)14-26-27-24(29)18-10-12-21(25)13-11-18/h2-14,16H,15H2,1H3,(H,27,29)/b26-14-. The SMILES string of the molecule is Cc1ccccc1Cn1cc(/C=N\NC(=O)c2ccc(Cl)cc2)c2ccccc21. The van der Waals surface area contributed by atoms with Gasteiger partial charge < -0.3 is 4.57 Å². The number of hydrazone groups is 1. The maximum atomic E-state index is 12.2. The van der Waals surface area contributed by atoms with Gasteiger partial charge in [0.05, 0.1) is 6.21 Å². The first-order valence-electron chi connectivity index (χ1n) is 9.33. The predicted octanol–water partition coefficient (Wildman–Crippen LogP) is 5.42.